The van der Waals surface area contributed by atoms with Crippen molar-refractivity contribution in [1.82, 2.24) is 0 Å². The summed E-state index contributed by atoms with van der Waals surface area (Å²) in [4.78, 5) is 24.1. The van der Waals surface area contributed by atoms with E-state index in [1.165, 1.54) is 30.6 Å². The molecule has 0 saturated carbocycles. The third kappa shape index (κ3) is 3.48. The van der Waals surface area contributed by atoms with Crippen LogP contribution in [0, 0.1) is 12.7 Å². The Morgan fingerprint density at radius 3 is 2.67 bits per heavy atom. The van der Waals surface area contributed by atoms with E-state index in [9.17, 15) is 14.0 Å². The zero-order chi connectivity index (χ0) is 15.6. The summed E-state index contributed by atoms with van der Waals surface area (Å²) in [7, 11) is 1.27. The van der Waals surface area contributed by atoms with Crippen molar-refractivity contribution in [1.29, 1.82) is 0 Å². The molecule has 0 spiro atoms. The SMILES string of the molecule is COC(=O)c1scc(C)c1NC(=O)c1cc(F)cc(Br)c1. The van der Waals surface area contributed by atoms with E-state index >= 15 is 0 Å². The summed E-state index contributed by atoms with van der Waals surface area (Å²) in [5, 5.41) is 4.37. The molecular formula is C14H11BrFNO3S. The quantitative estimate of drug-likeness (QED) is 0.829. The molecule has 2 rings (SSSR count). The maximum Gasteiger partial charge on any atom is 0.350 e. The van der Waals surface area contributed by atoms with Crippen molar-refractivity contribution in [3.8, 4) is 0 Å². The predicted octanol–water partition coefficient (Wildman–Crippen LogP) is 4.00. The number of halogens is 2. The van der Waals surface area contributed by atoms with Crippen molar-refractivity contribution >= 4 is 44.8 Å². The predicted molar refractivity (Wildman–Crippen MR) is 82.4 cm³/mol. The summed E-state index contributed by atoms with van der Waals surface area (Å²) < 4.78 is 18.5. The molecule has 2 aromatic rings. The second kappa shape index (κ2) is 6.36. The molecule has 7 heteroatoms. The molecule has 0 aliphatic carbocycles. The molecule has 21 heavy (non-hydrogen) atoms. The number of carbonyl (C=O) groups is 2. The number of hydrogen-bond donors (Lipinski definition) is 1. The van der Waals surface area contributed by atoms with Crippen LogP contribution in [-0.4, -0.2) is 19.0 Å². The first kappa shape index (κ1) is 15.7. The summed E-state index contributed by atoms with van der Waals surface area (Å²) in [6, 6.07) is 3.88. The van der Waals surface area contributed by atoms with Gasteiger partial charge in [-0.05, 0) is 36.1 Å². The second-order valence-corrected chi connectivity index (χ2v) is 6.02. The molecule has 0 saturated heterocycles. The molecule has 1 heterocycles. The highest BCUT2D eigenvalue weighted by atomic mass is 79.9. The summed E-state index contributed by atoms with van der Waals surface area (Å²) >= 11 is 4.31. The van der Waals surface area contributed by atoms with Gasteiger partial charge in [-0.15, -0.1) is 11.3 Å². The van der Waals surface area contributed by atoms with Gasteiger partial charge < -0.3 is 10.1 Å². The minimum atomic E-state index is -0.524. The standard InChI is InChI=1S/C14H11BrFNO3S/c1-7-6-21-12(14(19)20-2)11(7)17-13(18)8-3-9(15)5-10(16)4-8/h3-6H,1-2H3,(H,17,18). The fraction of sp³-hybridized carbons (Fsp3) is 0.143. The smallest absolute Gasteiger partial charge is 0.350 e. The van der Waals surface area contributed by atoms with Crippen LogP contribution in [0.15, 0.2) is 28.1 Å². The van der Waals surface area contributed by atoms with Gasteiger partial charge in [0.25, 0.3) is 5.91 Å². The average Bonchev–Trinajstić information content (AvgIpc) is 2.78. The Balaban J connectivity index is 2.31. The minimum absolute atomic E-state index is 0.156. The van der Waals surface area contributed by atoms with Crippen LogP contribution in [0.4, 0.5) is 10.1 Å². The summed E-state index contributed by atoms with van der Waals surface area (Å²) in [5.41, 5.74) is 1.28. The van der Waals surface area contributed by atoms with Gasteiger partial charge in [0, 0.05) is 10.0 Å². The Morgan fingerprint density at radius 2 is 2.05 bits per heavy atom. The topological polar surface area (TPSA) is 55.4 Å². The van der Waals surface area contributed by atoms with Crippen LogP contribution in [0.1, 0.15) is 25.6 Å². The van der Waals surface area contributed by atoms with E-state index in [4.69, 9.17) is 0 Å². The van der Waals surface area contributed by atoms with E-state index < -0.39 is 17.7 Å². The number of carbonyl (C=O) groups excluding carboxylic acids is 2. The van der Waals surface area contributed by atoms with Crippen LogP contribution in [-0.2, 0) is 4.74 Å². The monoisotopic (exact) mass is 371 g/mol. The molecule has 1 aromatic carbocycles. The van der Waals surface area contributed by atoms with E-state index in [1.807, 2.05) is 0 Å². The molecule has 0 atom stereocenters. The van der Waals surface area contributed by atoms with Crippen molar-refractivity contribution < 1.29 is 18.7 Å². The van der Waals surface area contributed by atoms with Crippen molar-refractivity contribution in [2.24, 2.45) is 0 Å². The fourth-order valence-electron chi connectivity index (χ4n) is 1.71. The third-order valence-corrected chi connectivity index (χ3v) is 4.24. The van der Waals surface area contributed by atoms with E-state index in [1.54, 1.807) is 12.3 Å². The number of aryl methyl sites for hydroxylation is 1. The Bertz CT molecular complexity index is 694. The highest BCUT2D eigenvalue weighted by molar-refractivity contribution is 9.10. The van der Waals surface area contributed by atoms with Crippen molar-refractivity contribution in [2.75, 3.05) is 12.4 Å². The highest BCUT2D eigenvalue weighted by Crippen LogP contribution is 2.29. The number of esters is 1. The Labute approximate surface area is 133 Å². The summed E-state index contributed by atoms with van der Waals surface area (Å²) in [5.74, 6) is -1.55. The van der Waals surface area contributed by atoms with Gasteiger partial charge in [-0.2, -0.15) is 0 Å². The highest BCUT2D eigenvalue weighted by Gasteiger charge is 2.19. The first-order valence-corrected chi connectivity index (χ1v) is 7.53. The molecule has 0 unspecified atom stereocenters. The molecule has 4 nitrogen and oxygen atoms in total. The number of methoxy groups -OCH3 is 1. The lowest BCUT2D eigenvalue weighted by Crippen LogP contribution is -2.15. The van der Waals surface area contributed by atoms with E-state index in [2.05, 4.69) is 26.0 Å². The number of thiophene rings is 1. The molecule has 0 aliphatic rings. The number of rotatable bonds is 3. The molecule has 1 amide bonds. The van der Waals surface area contributed by atoms with Crippen LogP contribution in [0.25, 0.3) is 0 Å². The van der Waals surface area contributed by atoms with Gasteiger partial charge in [-0.1, -0.05) is 15.9 Å². The summed E-state index contributed by atoms with van der Waals surface area (Å²) in [6.45, 7) is 1.76. The van der Waals surface area contributed by atoms with Crippen LogP contribution in [0.2, 0.25) is 0 Å². The maximum atomic E-state index is 13.3. The number of anilines is 1. The van der Waals surface area contributed by atoms with Crippen molar-refractivity contribution in [2.45, 2.75) is 6.92 Å². The van der Waals surface area contributed by atoms with Gasteiger partial charge in [-0.25, -0.2) is 9.18 Å². The molecule has 110 valence electrons. The zero-order valence-corrected chi connectivity index (χ0v) is 13.6. The molecule has 0 radical (unpaired) electrons. The van der Waals surface area contributed by atoms with Crippen molar-refractivity contribution in [3.63, 3.8) is 0 Å². The molecule has 0 fully saturated rings. The minimum Gasteiger partial charge on any atom is -0.465 e. The molecule has 1 aromatic heterocycles. The van der Waals surface area contributed by atoms with Crippen molar-refractivity contribution in [3.05, 3.63) is 49.9 Å². The normalized spacial score (nSPS) is 10.3. The number of nitrogens with one attached hydrogen (secondary N) is 1. The molecular weight excluding hydrogens is 361 g/mol. The summed E-state index contributed by atoms with van der Waals surface area (Å²) in [6.07, 6.45) is 0. The van der Waals surface area contributed by atoms with Gasteiger partial charge in [0.15, 0.2) is 0 Å². The molecule has 0 aliphatic heterocycles. The molecule has 1 N–H and O–H groups in total. The Morgan fingerprint density at radius 1 is 1.33 bits per heavy atom. The Kier molecular flexibility index (Phi) is 4.74. The van der Waals surface area contributed by atoms with E-state index in [0.717, 1.165) is 11.6 Å². The van der Waals surface area contributed by atoms with E-state index in [0.29, 0.717) is 15.0 Å². The first-order chi connectivity index (χ1) is 9.92. The van der Waals surface area contributed by atoms with Gasteiger partial charge in [0.1, 0.15) is 10.7 Å². The first-order valence-electron chi connectivity index (χ1n) is 5.86. The van der Waals surface area contributed by atoms with Crippen LogP contribution < -0.4 is 5.32 Å². The second-order valence-electron chi connectivity index (χ2n) is 4.23. The maximum absolute atomic E-state index is 13.3. The lowest BCUT2D eigenvalue weighted by atomic mass is 10.2. The van der Waals surface area contributed by atoms with Gasteiger partial charge >= 0.3 is 5.97 Å². The molecule has 0 bridgehead atoms. The lowest BCUT2D eigenvalue weighted by Gasteiger charge is -2.08. The third-order valence-electron chi connectivity index (χ3n) is 2.71. The number of benzene rings is 1. The fourth-order valence-corrected chi connectivity index (χ4v) is 3.10. The Hall–Kier alpha value is -1.73. The largest absolute Gasteiger partial charge is 0.465 e. The van der Waals surface area contributed by atoms with Gasteiger partial charge in [0.05, 0.1) is 12.8 Å². The van der Waals surface area contributed by atoms with Gasteiger partial charge in [-0.3, -0.25) is 4.79 Å². The van der Waals surface area contributed by atoms with E-state index in [-0.39, 0.29) is 5.56 Å². The number of hydrogen-bond acceptors (Lipinski definition) is 4. The van der Waals surface area contributed by atoms with Crippen LogP contribution in [0.5, 0.6) is 0 Å². The van der Waals surface area contributed by atoms with Gasteiger partial charge in [0.2, 0.25) is 0 Å². The average molecular weight is 372 g/mol. The zero-order valence-electron chi connectivity index (χ0n) is 11.2. The lowest BCUT2D eigenvalue weighted by molar-refractivity contribution is 0.0607. The number of ether oxygens (including phenoxy) is 1. The van der Waals surface area contributed by atoms with Crippen LogP contribution in [0.3, 0.4) is 0 Å². The van der Waals surface area contributed by atoms with Crippen LogP contribution >= 0.6 is 27.3 Å². The number of amides is 1.